The lowest BCUT2D eigenvalue weighted by Crippen LogP contribution is -2.09. The SMILES string of the molecule is CCOC(=O)c1cccc(F)c1CC. The van der Waals surface area contributed by atoms with E-state index in [0.29, 0.717) is 24.2 Å². The molecule has 0 saturated heterocycles. The van der Waals surface area contributed by atoms with Crippen LogP contribution in [0.2, 0.25) is 0 Å². The first-order valence-electron chi connectivity index (χ1n) is 4.65. The van der Waals surface area contributed by atoms with Crippen LogP contribution in [0.1, 0.15) is 29.8 Å². The molecule has 1 aromatic carbocycles. The molecule has 0 saturated carbocycles. The Morgan fingerprint density at radius 2 is 2.14 bits per heavy atom. The van der Waals surface area contributed by atoms with Crippen molar-refractivity contribution in [1.82, 2.24) is 0 Å². The predicted molar refractivity (Wildman–Crippen MR) is 51.7 cm³/mol. The van der Waals surface area contributed by atoms with Gasteiger partial charge in [0.1, 0.15) is 5.82 Å². The largest absolute Gasteiger partial charge is 0.462 e. The minimum atomic E-state index is -0.455. The molecule has 0 amide bonds. The molecule has 3 heteroatoms. The monoisotopic (exact) mass is 196 g/mol. The average Bonchev–Trinajstić information content (AvgIpc) is 2.17. The Balaban J connectivity index is 3.07. The minimum absolute atomic E-state index is 0.304. The van der Waals surface area contributed by atoms with Crippen molar-refractivity contribution in [3.8, 4) is 0 Å². The van der Waals surface area contributed by atoms with E-state index in [1.807, 2.05) is 0 Å². The topological polar surface area (TPSA) is 26.3 Å². The number of hydrogen-bond acceptors (Lipinski definition) is 2. The van der Waals surface area contributed by atoms with Crippen molar-refractivity contribution in [1.29, 1.82) is 0 Å². The Kier molecular flexibility index (Phi) is 3.63. The van der Waals surface area contributed by atoms with Gasteiger partial charge in [0.15, 0.2) is 0 Å². The van der Waals surface area contributed by atoms with E-state index in [1.165, 1.54) is 12.1 Å². The highest BCUT2D eigenvalue weighted by Crippen LogP contribution is 2.15. The molecule has 0 N–H and O–H groups in total. The number of carbonyl (C=O) groups excluding carboxylic acids is 1. The van der Waals surface area contributed by atoms with Crippen LogP contribution in [0.15, 0.2) is 18.2 Å². The Hall–Kier alpha value is -1.38. The van der Waals surface area contributed by atoms with Crippen LogP contribution in [0, 0.1) is 5.82 Å². The van der Waals surface area contributed by atoms with Crippen LogP contribution in [-0.4, -0.2) is 12.6 Å². The molecule has 0 aliphatic carbocycles. The highest BCUT2D eigenvalue weighted by molar-refractivity contribution is 5.91. The minimum Gasteiger partial charge on any atom is -0.462 e. The fourth-order valence-electron chi connectivity index (χ4n) is 1.32. The van der Waals surface area contributed by atoms with Gasteiger partial charge in [-0.1, -0.05) is 13.0 Å². The highest BCUT2D eigenvalue weighted by atomic mass is 19.1. The summed E-state index contributed by atoms with van der Waals surface area (Å²) >= 11 is 0. The lowest BCUT2D eigenvalue weighted by Gasteiger charge is -2.07. The fraction of sp³-hybridized carbons (Fsp3) is 0.364. The molecule has 0 spiro atoms. The summed E-state index contributed by atoms with van der Waals surface area (Å²) in [5, 5.41) is 0. The van der Waals surface area contributed by atoms with Gasteiger partial charge in [-0.3, -0.25) is 0 Å². The van der Waals surface area contributed by atoms with Gasteiger partial charge in [-0.2, -0.15) is 0 Å². The number of esters is 1. The summed E-state index contributed by atoms with van der Waals surface area (Å²) in [6, 6.07) is 4.45. The van der Waals surface area contributed by atoms with Crippen molar-refractivity contribution in [2.24, 2.45) is 0 Å². The lowest BCUT2D eigenvalue weighted by molar-refractivity contribution is 0.0524. The first kappa shape index (κ1) is 10.7. The highest BCUT2D eigenvalue weighted by Gasteiger charge is 2.13. The van der Waals surface area contributed by atoms with Gasteiger partial charge in [0.05, 0.1) is 12.2 Å². The van der Waals surface area contributed by atoms with E-state index in [1.54, 1.807) is 19.9 Å². The Morgan fingerprint density at radius 1 is 1.43 bits per heavy atom. The van der Waals surface area contributed by atoms with Gasteiger partial charge in [-0.15, -0.1) is 0 Å². The van der Waals surface area contributed by atoms with E-state index in [9.17, 15) is 9.18 Å². The predicted octanol–water partition coefficient (Wildman–Crippen LogP) is 2.56. The molecule has 1 aromatic rings. The van der Waals surface area contributed by atoms with Gasteiger partial charge in [-0.25, -0.2) is 9.18 Å². The van der Waals surface area contributed by atoms with Crippen LogP contribution >= 0.6 is 0 Å². The maximum atomic E-state index is 13.2. The van der Waals surface area contributed by atoms with Crippen molar-refractivity contribution >= 4 is 5.97 Å². The van der Waals surface area contributed by atoms with Gasteiger partial charge in [0.2, 0.25) is 0 Å². The summed E-state index contributed by atoms with van der Waals surface area (Å²) in [5.41, 5.74) is 0.750. The molecule has 0 heterocycles. The number of carbonyl (C=O) groups is 1. The summed E-state index contributed by atoms with van der Waals surface area (Å²) in [6.07, 6.45) is 0.487. The zero-order valence-electron chi connectivity index (χ0n) is 8.34. The van der Waals surface area contributed by atoms with E-state index < -0.39 is 5.97 Å². The first-order valence-corrected chi connectivity index (χ1v) is 4.65. The molecule has 0 atom stereocenters. The van der Waals surface area contributed by atoms with Crippen LogP contribution < -0.4 is 0 Å². The quantitative estimate of drug-likeness (QED) is 0.694. The Bertz CT molecular complexity index is 334. The van der Waals surface area contributed by atoms with Crippen LogP contribution in [0.5, 0.6) is 0 Å². The molecule has 0 aliphatic heterocycles. The standard InChI is InChI=1S/C11H13FO2/c1-3-8-9(11(13)14-4-2)6-5-7-10(8)12/h5-7H,3-4H2,1-2H3. The smallest absolute Gasteiger partial charge is 0.338 e. The Morgan fingerprint density at radius 3 is 2.71 bits per heavy atom. The van der Waals surface area contributed by atoms with E-state index in [4.69, 9.17) is 4.74 Å². The molecule has 0 aromatic heterocycles. The van der Waals surface area contributed by atoms with E-state index in [2.05, 4.69) is 0 Å². The van der Waals surface area contributed by atoms with Crippen LogP contribution in [-0.2, 0) is 11.2 Å². The summed E-state index contributed by atoms with van der Waals surface area (Å²) in [6.45, 7) is 3.84. The number of hydrogen-bond donors (Lipinski definition) is 0. The second kappa shape index (κ2) is 4.74. The maximum absolute atomic E-state index is 13.2. The van der Waals surface area contributed by atoms with Crippen molar-refractivity contribution < 1.29 is 13.9 Å². The second-order valence-electron chi connectivity index (χ2n) is 2.84. The van der Waals surface area contributed by atoms with Crippen LogP contribution in [0.3, 0.4) is 0 Å². The third kappa shape index (κ3) is 2.10. The molecule has 0 bridgehead atoms. The van der Waals surface area contributed by atoms with Gasteiger partial charge in [0, 0.05) is 5.56 Å². The van der Waals surface area contributed by atoms with E-state index in [0.717, 1.165) is 0 Å². The fourth-order valence-corrected chi connectivity index (χ4v) is 1.32. The maximum Gasteiger partial charge on any atom is 0.338 e. The molecule has 2 nitrogen and oxygen atoms in total. The van der Waals surface area contributed by atoms with Crippen molar-refractivity contribution in [2.45, 2.75) is 20.3 Å². The Labute approximate surface area is 82.7 Å². The third-order valence-corrected chi connectivity index (χ3v) is 1.97. The zero-order chi connectivity index (χ0) is 10.6. The molecule has 0 fully saturated rings. The summed E-state index contributed by atoms with van der Waals surface area (Å²) in [5.74, 6) is -0.804. The second-order valence-corrected chi connectivity index (χ2v) is 2.84. The number of rotatable bonds is 3. The van der Waals surface area contributed by atoms with Gasteiger partial charge in [-0.05, 0) is 25.5 Å². The van der Waals surface area contributed by atoms with Crippen LogP contribution in [0.25, 0.3) is 0 Å². The van der Waals surface area contributed by atoms with E-state index >= 15 is 0 Å². The van der Waals surface area contributed by atoms with Gasteiger partial charge in [0.25, 0.3) is 0 Å². The molecular weight excluding hydrogens is 183 g/mol. The third-order valence-electron chi connectivity index (χ3n) is 1.97. The lowest BCUT2D eigenvalue weighted by atomic mass is 10.0. The molecule has 76 valence electrons. The average molecular weight is 196 g/mol. The molecule has 0 aliphatic rings. The molecule has 0 unspecified atom stereocenters. The molecular formula is C11H13FO2. The normalized spacial score (nSPS) is 9.93. The first-order chi connectivity index (χ1) is 6.70. The summed E-state index contributed by atoms with van der Waals surface area (Å²) < 4.78 is 18.1. The number of benzene rings is 1. The van der Waals surface area contributed by atoms with Gasteiger partial charge >= 0.3 is 5.97 Å². The van der Waals surface area contributed by atoms with Gasteiger partial charge < -0.3 is 4.74 Å². The summed E-state index contributed by atoms with van der Waals surface area (Å²) in [4.78, 5) is 11.4. The van der Waals surface area contributed by atoms with Crippen molar-refractivity contribution in [2.75, 3.05) is 6.61 Å². The van der Waals surface area contributed by atoms with Crippen LogP contribution in [0.4, 0.5) is 4.39 Å². The zero-order valence-corrected chi connectivity index (χ0v) is 8.34. The van der Waals surface area contributed by atoms with Crippen molar-refractivity contribution in [3.05, 3.63) is 35.1 Å². The van der Waals surface area contributed by atoms with E-state index in [-0.39, 0.29) is 5.82 Å². The molecule has 1 rings (SSSR count). The van der Waals surface area contributed by atoms with Crippen molar-refractivity contribution in [3.63, 3.8) is 0 Å². The number of halogens is 1. The molecule has 14 heavy (non-hydrogen) atoms. The summed E-state index contributed by atoms with van der Waals surface area (Å²) in [7, 11) is 0. The molecule has 0 radical (unpaired) electrons. The number of ether oxygens (including phenoxy) is 1.